The molecule has 0 saturated carbocycles. The van der Waals surface area contributed by atoms with Crippen LogP contribution in [0.1, 0.15) is 17.5 Å². The number of aryl methyl sites for hydroxylation is 1. The maximum absolute atomic E-state index is 11.8. The second-order valence-electron chi connectivity index (χ2n) is 5.12. The lowest BCUT2D eigenvalue weighted by atomic mass is 10.1. The fraction of sp³-hybridized carbons (Fsp3) is 0.278. The first-order valence-electron chi connectivity index (χ1n) is 7.47. The molecule has 1 amide bonds. The number of carbonyl (C=O) groups is 1. The number of rotatable bonds is 8. The molecule has 0 heterocycles. The van der Waals surface area contributed by atoms with Crippen molar-refractivity contribution >= 4 is 40.9 Å². The third kappa shape index (κ3) is 6.86. The van der Waals surface area contributed by atoms with Gasteiger partial charge in [-0.15, -0.1) is 0 Å². The maximum atomic E-state index is 11.8. The van der Waals surface area contributed by atoms with Crippen LogP contribution in [-0.2, 0) is 17.0 Å². The van der Waals surface area contributed by atoms with Gasteiger partial charge in [0.25, 0.3) is 0 Å². The van der Waals surface area contributed by atoms with Crippen LogP contribution in [0.25, 0.3) is 0 Å². The van der Waals surface area contributed by atoms with Crippen molar-refractivity contribution in [2.75, 3.05) is 12.3 Å². The van der Waals surface area contributed by atoms with Gasteiger partial charge in [-0.1, -0.05) is 53.5 Å². The molecule has 2 aromatic carbocycles. The fourth-order valence-electron chi connectivity index (χ4n) is 2.06. The van der Waals surface area contributed by atoms with Crippen LogP contribution < -0.4 is 5.32 Å². The Kier molecular flexibility index (Phi) is 7.80. The molecule has 0 bridgehead atoms. The number of thioether (sulfide) groups is 1. The fourth-order valence-corrected chi connectivity index (χ4v) is 3.33. The highest BCUT2D eigenvalue weighted by molar-refractivity contribution is 7.98. The van der Waals surface area contributed by atoms with E-state index in [1.54, 1.807) is 11.8 Å². The van der Waals surface area contributed by atoms with Crippen molar-refractivity contribution < 1.29 is 4.79 Å². The van der Waals surface area contributed by atoms with Crippen LogP contribution in [0.5, 0.6) is 0 Å². The third-order valence-electron chi connectivity index (χ3n) is 3.34. The van der Waals surface area contributed by atoms with Gasteiger partial charge in [-0.2, -0.15) is 11.8 Å². The maximum Gasteiger partial charge on any atom is 0.220 e. The summed E-state index contributed by atoms with van der Waals surface area (Å²) in [5.41, 5.74) is 2.26. The third-order valence-corrected chi connectivity index (χ3v) is 4.97. The molecule has 0 saturated heterocycles. The molecular formula is C18H19Cl2NOS. The number of hydrogen-bond acceptors (Lipinski definition) is 2. The van der Waals surface area contributed by atoms with E-state index in [1.807, 2.05) is 48.5 Å². The van der Waals surface area contributed by atoms with E-state index in [1.165, 1.54) is 0 Å². The lowest BCUT2D eigenvalue weighted by molar-refractivity contribution is -0.120. The average molecular weight is 368 g/mol. The van der Waals surface area contributed by atoms with Crippen LogP contribution >= 0.6 is 35.0 Å². The Morgan fingerprint density at radius 3 is 2.52 bits per heavy atom. The Morgan fingerprint density at radius 1 is 1.04 bits per heavy atom. The van der Waals surface area contributed by atoms with E-state index in [0.29, 0.717) is 18.0 Å². The summed E-state index contributed by atoms with van der Waals surface area (Å²) in [6, 6.07) is 15.4. The standard InChI is InChI=1S/C18H19Cl2NOS/c19-16-8-5-14(6-9-16)7-10-18(22)21-11-12-23-13-15-3-1-2-4-17(15)20/h1-6,8-9H,7,10-13H2,(H,21,22). The molecule has 0 aliphatic rings. The summed E-state index contributed by atoms with van der Waals surface area (Å²) in [5.74, 6) is 1.82. The molecule has 2 nitrogen and oxygen atoms in total. The molecule has 0 aliphatic heterocycles. The zero-order chi connectivity index (χ0) is 16.5. The monoisotopic (exact) mass is 367 g/mol. The Bertz CT molecular complexity index is 631. The lowest BCUT2D eigenvalue weighted by Gasteiger charge is -2.06. The average Bonchev–Trinajstić information content (AvgIpc) is 2.55. The minimum absolute atomic E-state index is 0.0818. The number of benzene rings is 2. The van der Waals surface area contributed by atoms with Gasteiger partial charge >= 0.3 is 0 Å². The van der Waals surface area contributed by atoms with E-state index >= 15 is 0 Å². The lowest BCUT2D eigenvalue weighted by Crippen LogP contribution is -2.25. The molecule has 0 fully saturated rings. The summed E-state index contributed by atoms with van der Waals surface area (Å²) < 4.78 is 0. The topological polar surface area (TPSA) is 29.1 Å². The normalized spacial score (nSPS) is 10.5. The highest BCUT2D eigenvalue weighted by Crippen LogP contribution is 2.20. The molecule has 0 atom stereocenters. The number of nitrogens with one attached hydrogen (secondary N) is 1. The van der Waals surface area contributed by atoms with Gasteiger partial charge in [0.2, 0.25) is 5.91 Å². The summed E-state index contributed by atoms with van der Waals surface area (Å²) in [5, 5.41) is 4.46. The quantitative estimate of drug-likeness (QED) is 0.666. The molecule has 23 heavy (non-hydrogen) atoms. The van der Waals surface area contributed by atoms with Gasteiger partial charge in [0, 0.05) is 34.5 Å². The molecule has 122 valence electrons. The summed E-state index contributed by atoms with van der Waals surface area (Å²) in [4.78, 5) is 11.8. The molecule has 0 aliphatic carbocycles. The molecule has 1 N–H and O–H groups in total. The Hall–Kier alpha value is -1.16. The smallest absolute Gasteiger partial charge is 0.220 e. The zero-order valence-corrected chi connectivity index (χ0v) is 15.1. The Balaban J connectivity index is 1.58. The van der Waals surface area contributed by atoms with Gasteiger partial charge in [-0.3, -0.25) is 4.79 Å². The van der Waals surface area contributed by atoms with Crippen molar-refractivity contribution in [2.24, 2.45) is 0 Å². The molecule has 5 heteroatoms. The Labute approximate surface area is 151 Å². The predicted molar refractivity (Wildman–Crippen MR) is 100 cm³/mol. The molecule has 0 aromatic heterocycles. The van der Waals surface area contributed by atoms with E-state index in [4.69, 9.17) is 23.2 Å². The Morgan fingerprint density at radius 2 is 1.78 bits per heavy atom. The van der Waals surface area contributed by atoms with Gasteiger partial charge < -0.3 is 5.32 Å². The summed E-state index contributed by atoms with van der Waals surface area (Å²) in [6.07, 6.45) is 1.23. The predicted octanol–water partition coefficient (Wildman–Crippen LogP) is 4.98. The van der Waals surface area contributed by atoms with Crippen LogP contribution in [0.15, 0.2) is 48.5 Å². The number of halogens is 2. The largest absolute Gasteiger partial charge is 0.355 e. The van der Waals surface area contributed by atoms with Gasteiger partial charge in [-0.25, -0.2) is 0 Å². The van der Waals surface area contributed by atoms with Gasteiger partial charge in [0.1, 0.15) is 0 Å². The highest BCUT2D eigenvalue weighted by Gasteiger charge is 2.03. The zero-order valence-electron chi connectivity index (χ0n) is 12.7. The second-order valence-corrected chi connectivity index (χ2v) is 7.07. The van der Waals surface area contributed by atoms with Gasteiger partial charge in [-0.05, 0) is 35.7 Å². The molecule has 2 rings (SSSR count). The summed E-state index contributed by atoms with van der Waals surface area (Å²) in [6.45, 7) is 0.675. The van der Waals surface area contributed by atoms with Crippen molar-refractivity contribution in [3.63, 3.8) is 0 Å². The highest BCUT2D eigenvalue weighted by atomic mass is 35.5. The number of carbonyl (C=O) groups excluding carboxylic acids is 1. The molecular weight excluding hydrogens is 349 g/mol. The molecule has 2 aromatic rings. The van der Waals surface area contributed by atoms with Crippen LogP contribution in [0.4, 0.5) is 0 Å². The van der Waals surface area contributed by atoms with Crippen molar-refractivity contribution in [1.82, 2.24) is 5.32 Å². The van der Waals surface area contributed by atoms with Crippen LogP contribution in [0.3, 0.4) is 0 Å². The minimum Gasteiger partial charge on any atom is -0.355 e. The van der Waals surface area contributed by atoms with E-state index in [9.17, 15) is 4.79 Å². The summed E-state index contributed by atoms with van der Waals surface area (Å²) >= 11 is 13.7. The van der Waals surface area contributed by atoms with E-state index in [0.717, 1.165) is 34.1 Å². The van der Waals surface area contributed by atoms with Crippen molar-refractivity contribution in [3.8, 4) is 0 Å². The number of amides is 1. The van der Waals surface area contributed by atoms with Crippen LogP contribution in [0, 0.1) is 0 Å². The van der Waals surface area contributed by atoms with E-state index in [2.05, 4.69) is 5.32 Å². The van der Waals surface area contributed by atoms with Gasteiger partial charge in [0.15, 0.2) is 0 Å². The van der Waals surface area contributed by atoms with Gasteiger partial charge in [0.05, 0.1) is 0 Å². The van der Waals surface area contributed by atoms with Crippen LogP contribution in [0.2, 0.25) is 10.0 Å². The molecule has 0 spiro atoms. The minimum atomic E-state index is 0.0818. The molecule has 0 unspecified atom stereocenters. The van der Waals surface area contributed by atoms with Crippen molar-refractivity contribution in [2.45, 2.75) is 18.6 Å². The number of hydrogen-bond donors (Lipinski definition) is 1. The van der Waals surface area contributed by atoms with E-state index in [-0.39, 0.29) is 5.91 Å². The van der Waals surface area contributed by atoms with Crippen LogP contribution in [-0.4, -0.2) is 18.2 Å². The van der Waals surface area contributed by atoms with Crippen molar-refractivity contribution in [3.05, 3.63) is 69.7 Å². The first-order valence-corrected chi connectivity index (χ1v) is 9.38. The SMILES string of the molecule is O=C(CCc1ccc(Cl)cc1)NCCSCc1ccccc1Cl. The van der Waals surface area contributed by atoms with Crippen molar-refractivity contribution in [1.29, 1.82) is 0 Å². The van der Waals surface area contributed by atoms with E-state index < -0.39 is 0 Å². The first kappa shape index (κ1) is 18.2. The second kappa shape index (κ2) is 9.86. The first-order chi connectivity index (χ1) is 11.1. The molecule has 0 radical (unpaired) electrons. The summed E-state index contributed by atoms with van der Waals surface area (Å²) in [7, 11) is 0.